The number of aromatic hydroxyl groups is 1. The fourth-order valence-electron chi connectivity index (χ4n) is 17.0. The van der Waals surface area contributed by atoms with Crippen LogP contribution in [0, 0.1) is 16.7 Å². The Hall–Kier alpha value is -9.56. The van der Waals surface area contributed by atoms with Crippen molar-refractivity contribution in [2.24, 2.45) is 33.9 Å². The molecule has 127 heavy (non-hydrogen) atoms. The highest BCUT2D eigenvalue weighted by molar-refractivity contribution is 8.77. The number of rotatable bonds is 30. The van der Waals surface area contributed by atoms with Gasteiger partial charge in [0.05, 0.1) is 42.5 Å². The molecule has 9 amide bonds. The van der Waals surface area contributed by atoms with Gasteiger partial charge in [-0.25, -0.2) is 14.4 Å². The molecule has 4 fully saturated rings. The number of esters is 1. The van der Waals surface area contributed by atoms with Crippen molar-refractivity contribution in [1.82, 2.24) is 47.5 Å². The van der Waals surface area contributed by atoms with Gasteiger partial charge in [0.15, 0.2) is 5.78 Å². The van der Waals surface area contributed by atoms with Crippen LogP contribution in [0.4, 0.5) is 9.59 Å². The third-order valence-corrected chi connectivity index (χ3v) is 28.7. The zero-order valence-electron chi connectivity index (χ0n) is 72.2. The van der Waals surface area contributed by atoms with E-state index >= 15 is 24.0 Å². The first-order valence-electron chi connectivity index (χ1n) is 41.7. The van der Waals surface area contributed by atoms with Gasteiger partial charge >= 0.3 is 18.2 Å². The summed E-state index contributed by atoms with van der Waals surface area (Å²) in [4.78, 5) is 179. The summed E-state index contributed by atoms with van der Waals surface area (Å²) < 4.78 is 41.1. The van der Waals surface area contributed by atoms with Crippen LogP contribution in [0.15, 0.2) is 127 Å². The molecule has 20 N–H and O–H groups in total. The maximum absolute atomic E-state index is 15.4. The summed E-state index contributed by atoms with van der Waals surface area (Å²) >= 11 is 0. The number of aromatic amines is 1. The van der Waals surface area contributed by atoms with Gasteiger partial charge in [-0.2, -0.15) is 0 Å². The quantitative estimate of drug-likeness (QED) is 0.0103. The van der Waals surface area contributed by atoms with Crippen LogP contribution in [0.3, 0.4) is 0 Å². The lowest BCUT2D eigenvalue weighted by molar-refractivity contribution is -0.346. The number of ketones is 1. The third kappa shape index (κ3) is 23.9. The Morgan fingerprint density at radius 3 is 2.03 bits per heavy atom. The first kappa shape index (κ1) is 99.6. The van der Waals surface area contributed by atoms with Crippen molar-refractivity contribution < 1.29 is 116 Å². The summed E-state index contributed by atoms with van der Waals surface area (Å²) in [6.45, 7) is 11.7. The molecule has 2 bridgehead atoms. The van der Waals surface area contributed by atoms with Gasteiger partial charge in [0.2, 0.25) is 53.4 Å². The number of benzene rings is 4. The zero-order chi connectivity index (χ0) is 92.6. The highest BCUT2D eigenvalue weighted by Crippen LogP contribution is 2.63. The summed E-state index contributed by atoms with van der Waals surface area (Å²) in [5.74, 6) is -12.2. The van der Waals surface area contributed by atoms with Crippen LogP contribution in [-0.2, 0) is 100 Å². The van der Waals surface area contributed by atoms with Crippen LogP contribution >= 0.6 is 43.2 Å². The molecule has 2 saturated carbocycles. The monoisotopic (exact) mass is 1840 g/mol. The van der Waals surface area contributed by atoms with Gasteiger partial charge in [-0.05, 0) is 125 Å². The third-order valence-electron chi connectivity index (χ3n) is 23.9. The summed E-state index contributed by atoms with van der Waals surface area (Å²) in [5, 5.41) is 82.3. The van der Waals surface area contributed by atoms with E-state index in [2.05, 4.69) is 47.5 Å². The molecule has 20 atom stereocenters. The minimum absolute atomic E-state index is 0.0373. The number of carbonyl (C=O) groups is 12. The maximum atomic E-state index is 15.4. The smallest absolute Gasteiger partial charge is 0.508 e. The number of amides is 9. The number of H-pyrrole nitrogens is 1. The number of aliphatic hydroxyl groups is 4. The minimum Gasteiger partial charge on any atom is -0.508 e. The zero-order valence-corrected chi connectivity index (χ0v) is 75.5. The topological polar surface area (TPSA) is 561 Å². The van der Waals surface area contributed by atoms with Gasteiger partial charge in [0.25, 0.3) is 0 Å². The van der Waals surface area contributed by atoms with Crippen LogP contribution < -0.4 is 59.7 Å². The van der Waals surface area contributed by atoms with Crippen LogP contribution in [-0.4, -0.2) is 267 Å². The highest BCUT2D eigenvalue weighted by atomic mass is 33.1. The number of methoxy groups -OCH3 is 2. The lowest BCUT2D eigenvalue weighted by Gasteiger charge is -2.67. The standard InChI is InChI=1S/C87H116N12O24S4/c1-45-61(39-87(116)71(103)69-85(8,62(117-9)38-63-86(69,115)44-120-63)70(102)67(118-10)64(45)84(87,6)7)121-80(112)68(66(49-23-15-12-16-24-49)99-81(113)123-83(3,4)5)122-82(114)119-33-34-124-125-41-58(72(90)104)95-78(110)60-43-127-126-42-59(96-73(105)53(89)35-47-21-13-11-14-22-47)77(109)93-56(36-48-28-30-51(101)31-29-48)75(107)94-57(37-50-40-91-54-26-18-17-25-52(50)54)76(108)92-55(27-19-20-32-88)74(106)98-65(46(2)100)79(111)97-60/h11-18,21-26,28-31,40,46,53,55-63,65-69,71,91,100-101,103,115-116H,19-20,27,32-39,41-44,88-89H2,1-10H3,(H2,90,104)(H,92,108)(H,93,109)(H,94,107)(H,95,110)(H,96,105)(H,97,111)(H,98,106)(H,99,113)/t46-,53?,55?,56+,57-,58?,59+,60+,61?,62+,63-,65?,66+,67-,68?,69?,71+,85-,86+,87-/m1/s1. The molecule has 5 aromatic rings. The van der Waals surface area contributed by atoms with Crippen LogP contribution in [0.25, 0.3) is 10.9 Å². The number of aromatic nitrogens is 1. The van der Waals surface area contributed by atoms with Gasteiger partial charge in [0.1, 0.15) is 89.7 Å². The number of primary amides is 1. The van der Waals surface area contributed by atoms with E-state index in [0.29, 0.717) is 34.0 Å². The molecule has 40 heteroatoms. The summed E-state index contributed by atoms with van der Waals surface area (Å²) in [6.07, 6.45) is -11.9. The Bertz CT molecular complexity index is 4780. The van der Waals surface area contributed by atoms with Crippen LogP contribution in [0.5, 0.6) is 5.75 Å². The second-order valence-corrected chi connectivity index (χ2v) is 39.2. The van der Waals surface area contributed by atoms with E-state index in [4.69, 9.17) is 50.4 Å². The largest absolute Gasteiger partial charge is 0.509 e. The number of nitrogens with one attached hydrogen (secondary N) is 9. The molecule has 0 radical (unpaired) electrons. The molecule has 4 aromatic carbocycles. The number of alkyl carbamates (subject to hydrolysis) is 1. The molecular weight excluding hydrogens is 1730 g/mol. The second kappa shape index (κ2) is 43.7. The van der Waals surface area contributed by atoms with Gasteiger partial charge in [-0.1, -0.05) is 148 Å². The highest BCUT2D eigenvalue weighted by Gasteiger charge is 2.76. The number of hydrogen-bond acceptors (Lipinski definition) is 30. The lowest BCUT2D eigenvalue weighted by Crippen LogP contribution is -2.80. The molecule has 10 rings (SSSR count). The maximum Gasteiger partial charge on any atom is 0.509 e. The predicted octanol–water partition coefficient (Wildman–Crippen LogP) is 2.70. The number of unbranched alkanes of at least 4 members (excludes halogenated alkanes) is 1. The van der Waals surface area contributed by atoms with Crippen molar-refractivity contribution in [3.63, 3.8) is 0 Å². The number of carbonyl (C=O) groups excluding carboxylic acids is 12. The number of nitrogens with two attached hydrogens (primary N) is 3. The SMILES string of the molecule is CO[C@H]1C(=O)[C@@]2(C)C([C@H](O)[C@]3(O)CC(OC(=O)C(OC(=O)OCCSSCC(NC(=O)[C@@H]4CSSC[C@H](NC(=O)C(N)Cc5ccccc5)C(=O)N[C@@H](Cc5ccc(O)cc5)C(=O)N[C@H](Cc5c[nH]c6ccccc56)C(=O)NC(CCCCN)C(=O)NC([C@@H](C)O)C(=O)N4)C(N)=O)[C@@H](NC(=O)OC(C)(C)C)c4ccccc4)C(C)=C1C3(C)C)[C@]1(O)CO[C@@H]1C[C@@H]2OC. The van der Waals surface area contributed by atoms with E-state index in [1.54, 1.807) is 127 Å². The molecule has 2 saturated heterocycles. The molecule has 5 aliphatic rings. The summed E-state index contributed by atoms with van der Waals surface area (Å²) in [6, 6.07) is 15.7. The van der Waals surface area contributed by atoms with Crippen molar-refractivity contribution in [2.75, 3.05) is 57.0 Å². The fourth-order valence-corrected chi connectivity index (χ4v) is 21.3. The number of ether oxygens (including phenoxy) is 7. The molecule has 0 spiro atoms. The normalized spacial score (nSPS) is 27.9. The molecule has 3 aliphatic carbocycles. The Kier molecular flexibility index (Phi) is 34.3. The van der Waals surface area contributed by atoms with E-state index in [0.717, 1.165) is 43.2 Å². The molecule has 1 aromatic heterocycles. The van der Waals surface area contributed by atoms with Crippen LogP contribution in [0.1, 0.15) is 116 Å². The minimum atomic E-state index is -2.34. The number of hydrogen-bond donors (Lipinski definition) is 17. The van der Waals surface area contributed by atoms with E-state index in [1.165, 1.54) is 57.5 Å². The van der Waals surface area contributed by atoms with E-state index in [1.807, 2.05) is 0 Å². The molecular formula is C87H116N12O24S4. The van der Waals surface area contributed by atoms with Crippen LogP contribution in [0.2, 0.25) is 0 Å². The predicted molar refractivity (Wildman–Crippen MR) is 473 cm³/mol. The van der Waals surface area contributed by atoms with E-state index < -0.39 is 221 Å². The summed E-state index contributed by atoms with van der Waals surface area (Å²) in [7, 11) is 6.46. The van der Waals surface area contributed by atoms with Crippen molar-refractivity contribution in [1.29, 1.82) is 0 Å². The Balaban J connectivity index is 0.878. The average Bonchev–Trinajstić information content (AvgIpc) is 0.813. The Labute approximate surface area is 750 Å². The first-order valence-corrected chi connectivity index (χ1v) is 46.7. The van der Waals surface area contributed by atoms with Crippen molar-refractivity contribution in [2.45, 2.75) is 221 Å². The van der Waals surface area contributed by atoms with E-state index in [-0.39, 0.29) is 91.4 Å². The van der Waals surface area contributed by atoms with Crippen molar-refractivity contribution in [3.8, 4) is 5.75 Å². The number of Topliss-reactive ketones (excluding diaryl/α,β-unsaturated/α-hetero) is 1. The number of phenolic OH excluding ortho intramolecular Hbond substituents is 1. The number of fused-ring (bicyclic) bond motifs is 6. The molecule has 36 nitrogen and oxygen atoms in total. The molecule has 2 aliphatic heterocycles. The average molecular weight is 1840 g/mol. The molecule has 7 unspecified atom stereocenters. The van der Waals surface area contributed by atoms with Crippen molar-refractivity contribution in [3.05, 3.63) is 149 Å². The van der Waals surface area contributed by atoms with Crippen molar-refractivity contribution >= 4 is 125 Å². The van der Waals surface area contributed by atoms with Gasteiger partial charge in [0, 0.05) is 91.3 Å². The fraction of sp³-hybridized carbons (Fsp3) is 0.540. The summed E-state index contributed by atoms with van der Waals surface area (Å²) in [5.41, 5.74) is 12.7. The Morgan fingerprint density at radius 1 is 0.756 bits per heavy atom. The number of para-hydroxylation sites is 1. The first-order chi connectivity index (χ1) is 60.2. The lowest BCUT2D eigenvalue weighted by atomic mass is 9.45. The van der Waals surface area contributed by atoms with Gasteiger partial charge < -0.3 is 123 Å². The Morgan fingerprint density at radius 2 is 1.39 bits per heavy atom. The van der Waals surface area contributed by atoms with Gasteiger partial charge in [-0.15, -0.1) is 0 Å². The number of phenols is 1. The number of aliphatic hydroxyl groups excluding tert-OH is 2. The molecule has 3 heterocycles. The second-order valence-electron chi connectivity index (χ2n) is 34.1. The van der Waals surface area contributed by atoms with Gasteiger partial charge in [-0.3, -0.25) is 43.2 Å². The van der Waals surface area contributed by atoms with E-state index in [9.17, 15) is 59.1 Å². The molecule has 692 valence electrons.